The van der Waals surface area contributed by atoms with E-state index in [0.29, 0.717) is 30.6 Å². The van der Waals surface area contributed by atoms with Crippen molar-refractivity contribution >= 4 is 27.4 Å². The summed E-state index contributed by atoms with van der Waals surface area (Å²) in [4.78, 5) is 23.9. The number of hydrogen-bond acceptors (Lipinski definition) is 4. The van der Waals surface area contributed by atoms with Gasteiger partial charge in [0.05, 0.1) is 4.90 Å². The van der Waals surface area contributed by atoms with Gasteiger partial charge in [0.1, 0.15) is 0 Å². The molecule has 0 radical (unpaired) electrons. The molecule has 0 saturated heterocycles. The van der Waals surface area contributed by atoms with Gasteiger partial charge in [-0.1, -0.05) is 54.6 Å². The Bertz CT molecular complexity index is 1170. The zero-order valence-electron chi connectivity index (χ0n) is 17.9. The van der Waals surface area contributed by atoms with Gasteiger partial charge in [-0.05, 0) is 55.2 Å². The third-order valence-corrected chi connectivity index (χ3v) is 6.45. The van der Waals surface area contributed by atoms with Gasteiger partial charge in [-0.15, -0.1) is 0 Å². The first-order chi connectivity index (χ1) is 15.3. The summed E-state index contributed by atoms with van der Waals surface area (Å²) >= 11 is 0. The van der Waals surface area contributed by atoms with Crippen LogP contribution in [0.1, 0.15) is 34.8 Å². The van der Waals surface area contributed by atoms with Crippen molar-refractivity contribution in [1.82, 2.24) is 4.72 Å². The minimum Gasteiger partial charge on any atom is -0.326 e. The molecular formula is C25H26N2O4S. The number of sulfonamides is 1. The first-order valence-corrected chi connectivity index (χ1v) is 11.9. The number of Topliss-reactive ketones (excluding diaryl/α,β-unsaturated/α-hetero) is 1. The molecule has 0 unspecified atom stereocenters. The van der Waals surface area contributed by atoms with Gasteiger partial charge in [0.15, 0.2) is 5.78 Å². The smallest absolute Gasteiger partial charge is 0.240 e. The highest BCUT2D eigenvalue weighted by molar-refractivity contribution is 7.89. The van der Waals surface area contributed by atoms with Gasteiger partial charge in [-0.25, -0.2) is 13.1 Å². The fourth-order valence-corrected chi connectivity index (χ4v) is 4.22. The van der Waals surface area contributed by atoms with Crippen LogP contribution in [-0.4, -0.2) is 26.7 Å². The predicted octanol–water partition coefficient (Wildman–Crippen LogP) is 3.98. The zero-order valence-corrected chi connectivity index (χ0v) is 18.7. The molecule has 166 valence electrons. The molecule has 3 aromatic carbocycles. The summed E-state index contributed by atoms with van der Waals surface area (Å²) in [5, 5.41) is 2.78. The molecule has 3 aromatic rings. The highest BCUT2D eigenvalue weighted by Gasteiger charge is 2.13. The van der Waals surface area contributed by atoms with Crippen molar-refractivity contribution in [3.05, 3.63) is 95.6 Å². The molecular weight excluding hydrogens is 424 g/mol. The van der Waals surface area contributed by atoms with Crippen molar-refractivity contribution in [3.63, 3.8) is 0 Å². The summed E-state index contributed by atoms with van der Waals surface area (Å²) < 4.78 is 27.6. The van der Waals surface area contributed by atoms with Crippen LogP contribution in [0.4, 0.5) is 5.69 Å². The Kier molecular flexibility index (Phi) is 7.92. The van der Waals surface area contributed by atoms with Crippen molar-refractivity contribution in [2.75, 3.05) is 11.9 Å². The summed E-state index contributed by atoms with van der Waals surface area (Å²) in [6, 6.07) is 23.0. The molecule has 0 aliphatic carbocycles. The third-order valence-electron chi connectivity index (χ3n) is 4.98. The summed E-state index contributed by atoms with van der Waals surface area (Å²) in [5.74, 6) is -0.240. The van der Waals surface area contributed by atoms with Crippen molar-refractivity contribution in [2.45, 2.75) is 31.1 Å². The molecule has 0 aromatic heterocycles. The first kappa shape index (κ1) is 23.4. The van der Waals surface area contributed by atoms with E-state index in [1.165, 1.54) is 6.92 Å². The molecule has 0 saturated carbocycles. The fraction of sp³-hybridized carbons (Fsp3) is 0.200. The average molecular weight is 451 g/mol. The van der Waals surface area contributed by atoms with E-state index >= 15 is 0 Å². The van der Waals surface area contributed by atoms with Crippen LogP contribution in [0.25, 0.3) is 0 Å². The second-order valence-corrected chi connectivity index (χ2v) is 9.23. The standard InChI is InChI=1S/C25H26N2O4S/c1-19(28)22-8-5-9-23(18-22)27-25(29)15-12-21-10-13-24(14-11-21)32(30,31)26-17-16-20-6-3-2-4-7-20/h2-11,13-14,18,26H,12,15-17H2,1H3,(H,27,29). The van der Waals surface area contributed by atoms with Crippen molar-refractivity contribution in [2.24, 2.45) is 0 Å². The Morgan fingerprint density at radius 1 is 0.812 bits per heavy atom. The maximum Gasteiger partial charge on any atom is 0.240 e. The minimum absolute atomic E-state index is 0.0642. The highest BCUT2D eigenvalue weighted by Crippen LogP contribution is 2.14. The lowest BCUT2D eigenvalue weighted by Gasteiger charge is -2.09. The topological polar surface area (TPSA) is 92.3 Å². The molecule has 3 rings (SSSR count). The average Bonchev–Trinajstić information content (AvgIpc) is 2.79. The molecule has 0 heterocycles. The molecule has 0 atom stereocenters. The Balaban J connectivity index is 1.50. The number of amides is 1. The van der Waals surface area contributed by atoms with Gasteiger partial charge < -0.3 is 5.32 Å². The van der Waals surface area contributed by atoms with Gasteiger partial charge >= 0.3 is 0 Å². The van der Waals surface area contributed by atoms with Crippen molar-refractivity contribution in [3.8, 4) is 0 Å². The Morgan fingerprint density at radius 2 is 1.50 bits per heavy atom. The fourth-order valence-electron chi connectivity index (χ4n) is 3.19. The lowest BCUT2D eigenvalue weighted by molar-refractivity contribution is -0.116. The van der Waals surface area contributed by atoms with E-state index in [-0.39, 0.29) is 23.0 Å². The lowest BCUT2D eigenvalue weighted by Crippen LogP contribution is -2.26. The van der Waals surface area contributed by atoms with E-state index in [1.807, 2.05) is 30.3 Å². The molecule has 0 aliphatic heterocycles. The van der Waals surface area contributed by atoms with Crippen LogP contribution in [0.2, 0.25) is 0 Å². The SMILES string of the molecule is CC(=O)c1cccc(NC(=O)CCc2ccc(S(=O)(=O)NCCc3ccccc3)cc2)c1. The zero-order chi connectivity index (χ0) is 23.0. The van der Waals surface area contributed by atoms with Crippen LogP contribution >= 0.6 is 0 Å². The van der Waals surface area contributed by atoms with Gasteiger partial charge in [0, 0.05) is 24.2 Å². The second kappa shape index (κ2) is 10.8. The normalized spacial score (nSPS) is 11.2. The Labute approximate surface area is 188 Å². The third kappa shape index (κ3) is 6.87. The number of carbonyl (C=O) groups is 2. The minimum atomic E-state index is -3.59. The largest absolute Gasteiger partial charge is 0.326 e. The molecule has 6 nitrogen and oxygen atoms in total. The summed E-state index contributed by atoms with van der Waals surface area (Å²) in [6.07, 6.45) is 1.33. The molecule has 0 aliphatic rings. The predicted molar refractivity (Wildman–Crippen MR) is 125 cm³/mol. The van der Waals surface area contributed by atoms with Crippen LogP contribution in [0.15, 0.2) is 83.8 Å². The van der Waals surface area contributed by atoms with Gasteiger partial charge in [-0.2, -0.15) is 0 Å². The number of nitrogens with one attached hydrogen (secondary N) is 2. The number of benzene rings is 3. The van der Waals surface area contributed by atoms with Crippen LogP contribution in [0.3, 0.4) is 0 Å². The van der Waals surface area contributed by atoms with E-state index < -0.39 is 10.0 Å². The number of aryl methyl sites for hydroxylation is 1. The van der Waals surface area contributed by atoms with Gasteiger partial charge in [0.25, 0.3) is 0 Å². The molecule has 2 N–H and O–H groups in total. The molecule has 0 bridgehead atoms. The van der Waals surface area contributed by atoms with Crippen LogP contribution in [0, 0.1) is 0 Å². The van der Waals surface area contributed by atoms with Crippen LogP contribution < -0.4 is 10.0 Å². The number of anilines is 1. The van der Waals surface area contributed by atoms with Crippen LogP contribution in [0.5, 0.6) is 0 Å². The summed E-state index contributed by atoms with van der Waals surface area (Å²) in [6.45, 7) is 1.79. The first-order valence-electron chi connectivity index (χ1n) is 10.4. The van der Waals surface area contributed by atoms with Gasteiger partial charge in [0.2, 0.25) is 15.9 Å². The second-order valence-electron chi connectivity index (χ2n) is 7.46. The number of hydrogen-bond donors (Lipinski definition) is 2. The van der Waals surface area contributed by atoms with E-state index in [4.69, 9.17) is 0 Å². The maximum atomic E-state index is 12.5. The highest BCUT2D eigenvalue weighted by atomic mass is 32.2. The number of ketones is 1. The maximum absolute atomic E-state index is 12.5. The van der Waals surface area contributed by atoms with Crippen LogP contribution in [-0.2, 0) is 27.7 Å². The molecule has 1 amide bonds. The Morgan fingerprint density at radius 3 is 2.19 bits per heavy atom. The molecule has 0 fully saturated rings. The molecule has 0 spiro atoms. The quantitative estimate of drug-likeness (QED) is 0.457. The van der Waals surface area contributed by atoms with Crippen molar-refractivity contribution in [1.29, 1.82) is 0 Å². The number of carbonyl (C=O) groups excluding carboxylic acids is 2. The van der Waals surface area contributed by atoms with E-state index in [0.717, 1.165) is 11.1 Å². The summed E-state index contributed by atoms with van der Waals surface area (Å²) in [7, 11) is -3.59. The Hall–Kier alpha value is -3.29. The number of rotatable bonds is 10. The van der Waals surface area contributed by atoms with E-state index in [9.17, 15) is 18.0 Å². The molecule has 32 heavy (non-hydrogen) atoms. The van der Waals surface area contributed by atoms with Gasteiger partial charge in [-0.3, -0.25) is 9.59 Å². The monoisotopic (exact) mass is 450 g/mol. The summed E-state index contributed by atoms with van der Waals surface area (Å²) in [5.41, 5.74) is 3.04. The lowest BCUT2D eigenvalue weighted by atomic mass is 10.1. The molecule has 7 heteroatoms. The van der Waals surface area contributed by atoms with E-state index in [1.54, 1.807) is 48.5 Å². The van der Waals surface area contributed by atoms with E-state index in [2.05, 4.69) is 10.0 Å². The van der Waals surface area contributed by atoms with Crippen molar-refractivity contribution < 1.29 is 18.0 Å².